The van der Waals surface area contributed by atoms with Crippen molar-refractivity contribution in [2.45, 2.75) is 23.6 Å². The zero-order chi connectivity index (χ0) is 17.8. The van der Waals surface area contributed by atoms with Gasteiger partial charge in [-0.1, -0.05) is 11.6 Å². The number of hydrogen-bond donors (Lipinski definition) is 3. The van der Waals surface area contributed by atoms with Crippen molar-refractivity contribution < 1.29 is 27.9 Å². The lowest BCUT2D eigenvalue weighted by molar-refractivity contribution is -0.242. The topological polar surface area (TPSA) is 78.4 Å². The molecule has 0 aliphatic rings. The van der Waals surface area contributed by atoms with Gasteiger partial charge < -0.3 is 15.7 Å². The van der Waals surface area contributed by atoms with Crippen LogP contribution in [0.4, 0.5) is 18.9 Å². The Balaban J connectivity index is 2.83. The average molecular weight is 371 g/mol. The van der Waals surface area contributed by atoms with Gasteiger partial charge in [0.2, 0.25) is 11.5 Å². The molecule has 0 bridgehead atoms. The largest absolute Gasteiger partial charge is 0.426 e. The van der Waals surface area contributed by atoms with Gasteiger partial charge >= 0.3 is 6.18 Å². The number of aliphatic hydroxyl groups is 1. The van der Waals surface area contributed by atoms with Crippen LogP contribution in [0.15, 0.2) is 23.1 Å². The fourth-order valence-corrected chi connectivity index (χ4v) is 2.38. The lowest BCUT2D eigenvalue weighted by Crippen LogP contribution is -2.52. The number of nitrogens with one attached hydrogen (secondary N) is 2. The summed E-state index contributed by atoms with van der Waals surface area (Å²) >= 11 is 7.06. The van der Waals surface area contributed by atoms with Crippen LogP contribution in [-0.4, -0.2) is 41.5 Å². The van der Waals surface area contributed by atoms with E-state index >= 15 is 0 Å². The minimum Gasteiger partial charge on any atom is -0.373 e. The molecule has 5 nitrogen and oxygen atoms in total. The third-order valence-electron chi connectivity index (χ3n) is 2.83. The molecular weight excluding hydrogens is 357 g/mol. The Morgan fingerprint density at radius 2 is 1.96 bits per heavy atom. The molecule has 0 heterocycles. The van der Waals surface area contributed by atoms with Crippen molar-refractivity contribution in [2.75, 3.05) is 18.1 Å². The molecule has 1 rings (SSSR count). The summed E-state index contributed by atoms with van der Waals surface area (Å²) in [5.41, 5.74) is -3.62. The quantitative estimate of drug-likeness (QED) is 0.696. The number of rotatable bonds is 5. The van der Waals surface area contributed by atoms with Gasteiger partial charge in [0.05, 0.1) is 16.5 Å². The molecule has 0 fully saturated rings. The summed E-state index contributed by atoms with van der Waals surface area (Å²) in [7, 11) is 1.49. The molecule has 0 radical (unpaired) electrons. The smallest absolute Gasteiger partial charge is 0.373 e. The van der Waals surface area contributed by atoms with Crippen LogP contribution in [0.5, 0.6) is 0 Å². The van der Waals surface area contributed by atoms with Gasteiger partial charge in [0, 0.05) is 11.9 Å². The van der Waals surface area contributed by atoms with Crippen LogP contribution >= 0.6 is 23.4 Å². The molecule has 0 aromatic heterocycles. The zero-order valence-electron chi connectivity index (χ0n) is 12.1. The van der Waals surface area contributed by atoms with Crippen molar-refractivity contribution in [3.63, 3.8) is 0 Å². The zero-order valence-corrected chi connectivity index (χ0v) is 13.7. The first-order valence-electron chi connectivity index (χ1n) is 6.22. The van der Waals surface area contributed by atoms with Crippen LogP contribution in [0.3, 0.4) is 0 Å². The number of thioether (sulfide) groups is 1. The van der Waals surface area contributed by atoms with E-state index < -0.39 is 17.7 Å². The third kappa shape index (κ3) is 5.02. The molecule has 0 saturated carbocycles. The molecule has 0 aliphatic carbocycles. The maximum absolute atomic E-state index is 12.6. The Morgan fingerprint density at radius 3 is 2.43 bits per heavy atom. The Bertz CT molecular complexity index is 609. The molecule has 0 spiro atoms. The number of amides is 2. The number of anilines is 1. The number of benzene rings is 1. The van der Waals surface area contributed by atoms with E-state index in [1.807, 2.05) is 5.32 Å². The predicted molar refractivity (Wildman–Crippen MR) is 81.6 cm³/mol. The van der Waals surface area contributed by atoms with Crippen LogP contribution in [0, 0.1) is 0 Å². The highest BCUT2D eigenvalue weighted by molar-refractivity contribution is 8.00. The lowest BCUT2D eigenvalue weighted by atomic mass is 10.1. The Morgan fingerprint density at radius 1 is 1.35 bits per heavy atom. The van der Waals surface area contributed by atoms with Gasteiger partial charge in [-0.05, 0) is 25.1 Å². The van der Waals surface area contributed by atoms with E-state index in [0.29, 0.717) is 11.8 Å². The number of carbonyl (C=O) groups is 2. The summed E-state index contributed by atoms with van der Waals surface area (Å²) < 4.78 is 37.7. The second-order valence-electron chi connectivity index (χ2n) is 4.63. The molecule has 0 aliphatic heterocycles. The molecular formula is C13H14ClF3N2O3S. The van der Waals surface area contributed by atoms with Gasteiger partial charge in [-0.2, -0.15) is 13.2 Å². The van der Waals surface area contributed by atoms with E-state index in [1.165, 1.54) is 37.0 Å². The summed E-state index contributed by atoms with van der Waals surface area (Å²) in [5.74, 6) is -1.70. The maximum atomic E-state index is 12.6. The molecule has 1 aromatic carbocycles. The number of carbonyl (C=O) groups excluding carboxylic acids is 2. The molecule has 128 valence electrons. The van der Waals surface area contributed by atoms with Crippen molar-refractivity contribution >= 4 is 40.9 Å². The van der Waals surface area contributed by atoms with Crippen molar-refractivity contribution in [3.8, 4) is 0 Å². The molecule has 1 aromatic rings. The highest BCUT2D eigenvalue weighted by Gasteiger charge is 2.55. The molecule has 23 heavy (non-hydrogen) atoms. The fraction of sp³-hybridized carbons (Fsp3) is 0.385. The summed E-state index contributed by atoms with van der Waals surface area (Å²) in [5, 5.41) is 13.6. The highest BCUT2D eigenvalue weighted by atomic mass is 35.5. The summed E-state index contributed by atoms with van der Waals surface area (Å²) in [6.45, 7) is 0.351. The van der Waals surface area contributed by atoms with Gasteiger partial charge in [0.15, 0.2) is 0 Å². The second kappa shape index (κ2) is 7.41. The van der Waals surface area contributed by atoms with Crippen molar-refractivity contribution in [1.82, 2.24) is 5.32 Å². The highest BCUT2D eigenvalue weighted by Crippen LogP contribution is 2.33. The second-order valence-corrected chi connectivity index (χ2v) is 6.08. The Labute approximate surface area is 139 Å². The minimum atomic E-state index is -5.12. The lowest BCUT2D eigenvalue weighted by Gasteiger charge is -2.25. The number of alkyl halides is 3. The first-order chi connectivity index (χ1) is 10.5. The number of halogens is 4. The number of hydrogen-bond acceptors (Lipinski definition) is 4. The maximum Gasteiger partial charge on any atom is 0.426 e. The predicted octanol–water partition coefficient (Wildman–Crippen LogP) is 2.43. The summed E-state index contributed by atoms with van der Waals surface area (Å²) in [6.07, 6.45) is -5.12. The third-order valence-corrected chi connectivity index (χ3v) is 4.14. The molecule has 0 saturated heterocycles. The van der Waals surface area contributed by atoms with Gasteiger partial charge in [-0.3, -0.25) is 9.59 Å². The van der Waals surface area contributed by atoms with Crippen molar-refractivity contribution in [3.05, 3.63) is 23.2 Å². The van der Waals surface area contributed by atoms with Gasteiger partial charge in [0.25, 0.3) is 5.91 Å². The van der Waals surface area contributed by atoms with E-state index in [1.54, 1.807) is 0 Å². The van der Waals surface area contributed by atoms with Crippen LogP contribution < -0.4 is 10.6 Å². The van der Waals surface area contributed by atoms with Crippen molar-refractivity contribution in [2.24, 2.45) is 0 Å². The van der Waals surface area contributed by atoms with Crippen LogP contribution in [0.25, 0.3) is 0 Å². The Kier molecular flexibility index (Phi) is 6.32. The van der Waals surface area contributed by atoms with Crippen LogP contribution in [0.2, 0.25) is 5.02 Å². The van der Waals surface area contributed by atoms with E-state index in [2.05, 4.69) is 5.32 Å². The first-order valence-corrected chi connectivity index (χ1v) is 7.59. The van der Waals surface area contributed by atoms with Gasteiger partial charge in [0.1, 0.15) is 0 Å². The normalized spacial score (nSPS) is 14.0. The summed E-state index contributed by atoms with van der Waals surface area (Å²) in [6, 6.07) is 4.17. The van der Waals surface area contributed by atoms with Crippen molar-refractivity contribution in [1.29, 1.82) is 0 Å². The average Bonchev–Trinajstić information content (AvgIpc) is 2.45. The monoisotopic (exact) mass is 370 g/mol. The fourth-order valence-electron chi connectivity index (χ4n) is 1.28. The minimum absolute atomic E-state index is 0.0155. The molecule has 10 heteroatoms. The SMILES string of the molecule is CNC(=O)CSc1ccc(NC(=O)C(C)(O)C(F)(F)F)c(Cl)c1. The molecule has 1 atom stereocenters. The summed E-state index contributed by atoms with van der Waals surface area (Å²) in [4.78, 5) is 23.3. The molecule has 2 amide bonds. The van der Waals surface area contributed by atoms with Gasteiger partial charge in [-0.25, -0.2) is 0 Å². The standard InChI is InChI=1S/C13H14ClF3N2O3S/c1-12(22,13(15,16)17)11(21)19-9-4-3-7(5-8(9)14)23-6-10(20)18-2/h3-5,22H,6H2,1-2H3,(H,18,20)(H,19,21). The van der Waals surface area contributed by atoms with Gasteiger partial charge in [-0.15, -0.1) is 11.8 Å². The van der Waals surface area contributed by atoms with Crippen LogP contribution in [0.1, 0.15) is 6.92 Å². The van der Waals surface area contributed by atoms with E-state index in [0.717, 1.165) is 0 Å². The first kappa shape index (κ1) is 19.6. The molecule has 1 unspecified atom stereocenters. The molecule has 3 N–H and O–H groups in total. The van der Waals surface area contributed by atoms with E-state index in [4.69, 9.17) is 11.6 Å². The van der Waals surface area contributed by atoms with Crippen LogP contribution in [-0.2, 0) is 9.59 Å². The van der Waals surface area contributed by atoms with E-state index in [9.17, 15) is 27.9 Å². The Hall–Kier alpha value is -1.45. The van der Waals surface area contributed by atoms with E-state index in [-0.39, 0.29) is 22.4 Å².